The first-order chi connectivity index (χ1) is 21.6. The van der Waals surface area contributed by atoms with Crippen molar-refractivity contribution in [2.75, 3.05) is 5.32 Å². The third kappa shape index (κ3) is 4.40. The number of para-hydroxylation sites is 1. The number of nitrogens with zero attached hydrogens (tertiary/aromatic N) is 2. The molecule has 2 unspecified atom stereocenters. The highest BCUT2D eigenvalue weighted by molar-refractivity contribution is 5.92. The predicted octanol–water partition coefficient (Wildman–Crippen LogP) is 5.61. The van der Waals surface area contributed by atoms with Crippen LogP contribution in [0.4, 0.5) is 5.69 Å². The maximum atomic E-state index is 14.1. The highest BCUT2D eigenvalue weighted by Gasteiger charge is 2.61. The molecule has 2 aromatic carbocycles. The quantitative estimate of drug-likeness (QED) is 0.244. The van der Waals surface area contributed by atoms with Gasteiger partial charge in [0.15, 0.2) is 35.1 Å². The maximum Gasteiger partial charge on any atom is 0.224 e. The van der Waals surface area contributed by atoms with Crippen LogP contribution in [0, 0.1) is 18.8 Å². The molecule has 0 saturated carbocycles. The number of hydrogen-bond donors (Lipinski definition) is 3. The zero-order valence-corrected chi connectivity index (χ0v) is 26.1. The molecule has 10 heteroatoms. The third-order valence-corrected chi connectivity index (χ3v) is 9.81. The summed E-state index contributed by atoms with van der Waals surface area (Å²) in [4.78, 5) is 36.9. The molecule has 4 aromatic rings. The van der Waals surface area contributed by atoms with E-state index in [1.54, 1.807) is 27.0 Å². The first-order valence-corrected chi connectivity index (χ1v) is 15.7. The van der Waals surface area contributed by atoms with Crippen molar-refractivity contribution in [3.05, 3.63) is 82.9 Å². The number of Topliss-reactive ketones (excluding diaryl/α,β-unsaturated/α-hetero) is 1. The van der Waals surface area contributed by atoms with E-state index in [1.807, 2.05) is 44.2 Å². The van der Waals surface area contributed by atoms with Crippen LogP contribution in [0.25, 0.3) is 11.5 Å². The van der Waals surface area contributed by atoms with Crippen LogP contribution < -0.4 is 15.4 Å². The van der Waals surface area contributed by atoms with Crippen molar-refractivity contribution in [3.8, 4) is 17.2 Å². The number of rotatable bonds is 7. The van der Waals surface area contributed by atoms with Crippen molar-refractivity contribution in [1.29, 1.82) is 0 Å². The number of ketones is 1. The highest BCUT2D eigenvalue weighted by atomic mass is 16.5. The minimum atomic E-state index is -1.48. The van der Waals surface area contributed by atoms with Gasteiger partial charge in [-0.2, -0.15) is 0 Å². The zero-order valence-electron chi connectivity index (χ0n) is 26.1. The Balaban J connectivity index is 1.47. The van der Waals surface area contributed by atoms with Crippen LogP contribution in [0.1, 0.15) is 87.2 Å². The largest absolute Gasteiger partial charge is 0.469 e. The number of ether oxygens (including phenoxy) is 1. The first kappa shape index (κ1) is 29.3. The molecule has 2 aromatic heterocycles. The Hall–Kier alpha value is -4.44. The van der Waals surface area contributed by atoms with Crippen LogP contribution in [-0.2, 0) is 21.4 Å². The van der Waals surface area contributed by atoms with Gasteiger partial charge in [-0.3, -0.25) is 9.59 Å². The Kier molecular flexibility index (Phi) is 6.88. The molecule has 3 aliphatic heterocycles. The molecule has 4 bridgehead atoms. The molecule has 0 aliphatic carbocycles. The standard InChI is InChI=1S/C35H38N4O6/c1-6-34(42,7-2)27(40)16-21-14-20-12-13-25-23(15-20)35(22-10-8-9-11-24(22)37-33(35)44-25)30-29(26-17-36-19(5)43-26)39-32(45-30)28(18(3)4)38-31(21)41/h8-13,15,17-18,21,28,33,37,42H,6-7,14,16H2,1-5H3,(H,38,41)/t21?,28-,33-,35?/m0/s1. The number of aromatic nitrogens is 2. The Morgan fingerprint density at radius 3 is 2.60 bits per heavy atom. The Labute approximate surface area is 261 Å². The molecule has 5 heterocycles. The lowest BCUT2D eigenvalue weighted by atomic mass is 9.72. The maximum absolute atomic E-state index is 14.1. The summed E-state index contributed by atoms with van der Waals surface area (Å²) in [7, 11) is 0. The minimum Gasteiger partial charge on any atom is -0.469 e. The number of carbonyl (C=O) groups excluding carboxylic acids is 2. The van der Waals surface area contributed by atoms with Gasteiger partial charge in [0.25, 0.3) is 0 Å². The number of anilines is 1. The summed E-state index contributed by atoms with van der Waals surface area (Å²) >= 11 is 0. The highest BCUT2D eigenvalue weighted by Crippen LogP contribution is 2.59. The Morgan fingerprint density at radius 1 is 1.11 bits per heavy atom. The van der Waals surface area contributed by atoms with Crippen molar-refractivity contribution in [2.24, 2.45) is 11.8 Å². The van der Waals surface area contributed by atoms with Gasteiger partial charge < -0.3 is 29.3 Å². The smallest absolute Gasteiger partial charge is 0.224 e. The lowest BCUT2D eigenvalue weighted by Crippen LogP contribution is -2.43. The predicted molar refractivity (Wildman–Crippen MR) is 166 cm³/mol. The van der Waals surface area contributed by atoms with Gasteiger partial charge in [0.2, 0.25) is 11.8 Å². The van der Waals surface area contributed by atoms with Crippen LogP contribution in [0.3, 0.4) is 0 Å². The second kappa shape index (κ2) is 10.6. The van der Waals surface area contributed by atoms with Gasteiger partial charge in [0.1, 0.15) is 22.8 Å². The van der Waals surface area contributed by atoms with E-state index in [1.165, 1.54) is 0 Å². The number of hydrogen-bond acceptors (Lipinski definition) is 9. The van der Waals surface area contributed by atoms with E-state index in [9.17, 15) is 14.7 Å². The third-order valence-electron chi connectivity index (χ3n) is 9.81. The number of amides is 1. The average Bonchev–Trinajstić information content (AvgIpc) is 3.79. The normalized spacial score (nSPS) is 23.4. The molecule has 3 N–H and O–H groups in total. The van der Waals surface area contributed by atoms with Gasteiger partial charge in [-0.1, -0.05) is 58.0 Å². The molecule has 0 radical (unpaired) electrons. The van der Waals surface area contributed by atoms with Crippen molar-refractivity contribution >= 4 is 17.4 Å². The van der Waals surface area contributed by atoms with E-state index < -0.39 is 29.2 Å². The molecule has 0 saturated heterocycles. The number of oxazole rings is 2. The summed E-state index contributed by atoms with van der Waals surface area (Å²) < 4.78 is 19.5. The van der Waals surface area contributed by atoms with Gasteiger partial charge in [-0.15, -0.1) is 0 Å². The fourth-order valence-electron chi connectivity index (χ4n) is 7.11. The molecule has 1 spiro atoms. The van der Waals surface area contributed by atoms with Gasteiger partial charge in [0.05, 0.1) is 6.20 Å². The molecular weight excluding hydrogens is 572 g/mol. The zero-order chi connectivity index (χ0) is 31.7. The number of carbonyl (C=O) groups is 2. The summed E-state index contributed by atoms with van der Waals surface area (Å²) in [5.41, 5.74) is 1.68. The molecular formula is C35H38N4O6. The molecule has 234 valence electrons. The number of fused-ring (bicyclic) bond motifs is 4. The summed E-state index contributed by atoms with van der Waals surface area (Å²) in [6, 6.07) is 13.3. The SMILES string of the molecule is CCC(O)(CC)C(=O)CC1Cc2ccc3c(c2)C2(c4ccccc4N[C@H]2O3)c2oc(nc2-c2cnc(C)o2)[C@H](C(C)C)NC1=O. The lowest BCUT2D eigenvalue weighted by Gasteiger charge is -2.29. The number of benzene rings is 2. The van der Waals surface area contributed by atoms with Crippen molar-refractivity contribution in [2.45, 2.75) is 83.6 Å². The van der Waals surface area contributed by atoms with Crippen molar-refractivity contribution in [3.63, 3.8) is 0 Å². The molecule has 3 aliphatic rings. The molecule has 45 heavy (non-hydrogen) atoms. The van der Waals surface area contributed by atoms with Crippen LogP contribution >= 0.6 is 0 Å². The second-order valence-electron chi connectivity index (χ2n) is 12.8. The lowest BCUT2D eigenvalue weighted by molar-refractivity contribution is -0.141. The van der Waals surface area contributed by atoms with Crippen molar-refractivity contribution < 1.29 is 28.3 Å². The Morgan fingerprint density at radius 2 is 1.89 bits per heavy atom. The second-order valence-corrected chi connectivity index (χ2v) is 12.8. The molecule has 0 fully saturated rings. The number of aryl methyl sites for hydroxylation is 1. The van der Waals surface area contributed by atoms with Gasteiger partial charge in [0, 0.05) is 30.5 Å². The van der Waals surface area contributed by atoms with E-state index in [0.717, 1.165) is 22.4 Å². The van der Waals surface area contributed by atoms with E-state index in [2.05, 4.69) is 27.8 Å². The van der Waals surface area contributed by atoms with Crippen LogP contribution in [0.15, 0.2) is 57.5 Å². The van der Waals surface area contributed by atoms with Crippen LogP contribution in [-0.4, -0.2) is 38.6 Å². The molecule has 1 amide bonds. The summed E-state index contributed by atoms with van der Waals surface area (Å²) in [5.74, 6) is 1.01. The van der Waals surface area contributed by atoms with E-state index in [0.29, 0.717) is 41.2 Å². The fourth-order valence-corrected chi connectivity index (χ4v) is 7.11. The molecule has 4 atom stereocenters. The van der Waals surface area contributed by atoms with Crippen LogP contribution in [0.2, 0.25) is 0 Å². The van der Waals surface area contributed by atoms with E-state index >= 15 is 0 Å². The number of nitrogens with one attached hydrogen (secondary N) is 2. The molecule has 7 rings (SSSR count). The molecule has 10 nitrogen and oxygen atoms in total. The van der Waals surface area contributed by atoms with Gasteiger partial charge in [-0.25, -0.2) is 9.97 Å². The van der Waals surface area contributed by atoms with Gasteiger partial charge >= 0.3 is 0 Å². The van der Waals surface area contributed by atoms with Crippen LogP contribution in [0.5, 0.6) is 5.75 Å². The topological polar surface area (TPSA) is 140 Å². The Bertz CT molecular complexity index is 1800. The van der Waals surface area contributed by atoms with Crippen molar-refractivity contribution in [1.82, 2.24) is 15.3 Å². The van der Waals surface area contributed by atoms with E-state index in [-0.39, 0.29) is 36.9 Å². The van der Waals surface area contributed by atoms with E-state index in [4.69, 9.17) is 18.6 Å². The summed E-state index contributed by atoms with van der Waals surface area (Å²) in [6.45, 7) is 9.32. The summed E-state index contributed by atoms with van der Waals surface area (Å²) in [6.07, 6.45) is 1.86. The average molecular weight is 611 g/mol. The fraction of sp³-hybridized carbons (Fsp3) is 0.429. The first-order valence-electron chi connectivity index (χ1n) is 15.7. The monoisotopic (exact) mass is 610 g/mol. The number of aliphatic hydroxyl groups is 1. The minimum absolute atomic E-state index is 0.0972. The van der Waals surface area contributed by atoms with Gasteiger partial charge in [-0.05, 0) is 48.4 Å². The summed E-state index contributed by atoms with van der Waals surface area (Å²) in [5, 5.41) is 17.8.